The van der Waals surface area contributed by atoms with Crippen molar-refractivity contribution in [3.05, 3.63) is 17.7 Å². The van der Waals surface area contributed by atoms with Crippen LogP contribution in [0.25, 0.3) is 0 Å². The fraction of sp³-hybridized carbons (Fsp3) is 0.615. The van der Waals surface area contributed by atoms with Crippen molar-refractivity contribution in [3.63, 3.8) is 0 Å². The molecule has 2 rings (SSSR count). The van der Waals surface area contributed by atoms with Gasteiger partial charge in [-0.2, -0.15) is 24.9 Å². The summed E-state index contributed by atoms with van der Waals surface area (Å²) >= 11 is 1.80. The van der Waals surface area contributed by atoms with Crippen molar-refractivity contribution >= 4 is 23.4 Å². The standard InChI is InChI=1S/C13H18F3N3S/c1-2-4-17-11-6-9(13(14,15)16)7-12(19-11)18-10-3-5-20-8-10/h6-7,10H,2-5,8H2,1H3,(H2,17,18,19). The van der Waals surface area contributed by atoms with E-state index in [1.165, 1.54) is 0 Å². The maximum absolute atomic E-state index is 12.9. The number of nitrogens with zero attached hydrogens (tertiary/aromatic N) is 1. The molecule has 0 bridgehead atoms. The Balaban J connectivity index is 2.19. The number of hydrogen-bond acceptors (Lipinski definition) is 4. The third-order valence-electron chi connectivity index (χ3n) is 2.99. The maximum atomic E-state index is 12.9. The molecular weight excluding hydrogens is 287 g/mol. The zero-order valence-electron chi connectivity index (χ0n) is 11.3. The Morgan fingerprint density at radius 1 is 1.35 bits per heavy atom. The number of rotatable bonds is 5. The summed E-state index contributed by atoms with van der Waals surface area (Å²) in [5, 5.41) is 6.01. The first-order chi connectivity index (χ1) is 9.49. The number of nitrogens with one attached hydrogen (secondary N) is 2. The Kier molecular flexibility index (Phi) is 5.01. The van der Waals surface area contributed by atoms with Crippen LogP contribution in [0.3, 0.4) is 0 Å². The third kappa shape index (κ3) is 4.19. The van der Waals surface area contributed by atoms with Crippen molar-refractivity contribution in [1.29, 1.82) is 0 Å². The van der Waals surface area contributed by atoms with Gasteiger partial charge in [0.2, 0.25) is 0 Å². The Labute approximate surface area is 120 Å². The largest absolute Gasteiger partial charge is 0.416 e. The summed E-state index contributed by atoms with van der Waals surface area (Å²) < 4.78 is 38.7. The van der Waals surface area contributed by atoms with Gasteiger partial charge in [-0.25, -0.2) is 4.98 Å². The molecule has 1 aliphatic rings. The van der Waals surface area contributed by atoms with Gasteiger partial charge in [-0.1, -0.05) is 6.92 Å². The van der Waals surface area contributed by atoms with Crippen LogP contribution in [-0.2, 0) is 6.18 Å². The molecule has 7 heteroatoms. The SMILES string of the molecule is CCCNc1cc(C(F)(F)F)cc(NC2CCSC2)n1. The van der Waals surface area contributed by atoms with Crippen LogP contribution >= 0.6 is 11.8 Å². The van der Waals surface area contributed by atoms with Crippen LogP contribution in [0.15, 0.2) is 12.1 Å². The van der Waals surface area contributed by atoms with Crippen molar-refractivity contribution in [3.8, 4) is 0 Å². The molecule has 0 amide bonds. The molecule has 0 aromatic carbocycles. The Morgan fingerprint density at radius 3 is 2.70 bits per heavy atom. The molecule has 1 fully saturated rings. The number of thioether (sulfide) groups is 1. The summed E-state index contributed by atoms with van der Waals surface area (Å²) in [6.45, 7) is 2.56. The lowest BCUT2D eigenvalue weighted by Crippen LogP contribution is -2.20. The summed E-state index contributed by atoms with van der Waals surface area (Å²) in [5.41, 5.74) is -0.667. The van der Waals surface area contributed by atoms with Gasteiger partial charge in [0.1, 0.15) is 11.6 Å². The second kappa shape index (κ2) is 6.56. The predicted molar refractivity (Wildman–Crippen MR) is 77.4 cm³/mol. The second-order valence-corrected chi connectivity index (χ2v) is 5.91. The summed E-state index contributed by atoms with van der Waals surface area (Å²) in [6, 6.07) is 2.35. The summed E-state index contributed by atoms with van der Waals surface area (Å²) in [5.74, 6) is 2.52. The Morgan fingerprint density at radius 2 is 2.10 bits per heavy atom. The van der Waals surface area contributed by atoms with E-state index >= 15 is 0 Å². The number of anilines is 2. The highest BCUT2D eigenvalue weighted by Gasteiger charge is 2.32. The minimum atomic E-state index is -4.35. The van der Waals surface area contributed by atoms with E-state index in [1.54, 1.807) is 11.8 Å². The summed E-state index contributed by atoms with van der Waals surface area (Å²) in [6.07, 6.45) is -2.56. The van der Waals surface area contributed by atoms with Crippen molar-refractivity contribution in [2.24, 2.45) is 0 Å². The number of aromatic nitrogens is 1. The van der Waals surface area contributed by atoms with Crippen LogP contribution in [0.5, 0.6) is 0 Å². The van der Waals surface area contributed by atoms with Crippen LogP contribution < -0.4 is 10.6 Å². The van der Waals surface area contributed by atoms with Crippen molar-refractivity contribution < 1.29 is 13.2 Å². The van der Waals surface area contributed by atoms with E-state index in [0.717, 1.165) is 36.5 Å². The van der Waals surface area contributed by atoms with Crippen LogP contribution in [0, 0.1) is 0 Å². The van der Waals surface area contributed by atoms with Gasteiger partial charge in [0, 0.05) is 18.3 Å². The van der Waals surface area contributed by atoms with Gasteiger partial charge in [0.25, 0.3) is 0 Å². The predicted octanol–water partition coefficient (Wildman–Crippen LogP) is 3.84. The molecule has 1 saturated heterocycles. The summed E-state index contributed by atoms with van der Waals surface area (Å²) in [7, 11) is 0. The van der Waals surface area contributed by atoms with Gasteiger partial charge in [-0.3, -0.25) is 0 Å². The molecular formula is C13H18F3N3S. The second-order valence-electron chi connectivity index (χ2n) is 4.76. The molecule has 1 aliphatic heterocycles. The first-order valence-electron chi connectivity index (χ1n) is 6.66. The van der Waals surface area contributed by atoms with Gasteiger partial charge in [0.05, 0.1) is 5.56 Å². The lowest BCUT2D eigenvalue weighted by Gasteiger charge is -2.16. The normalized spacial score (nSPS) is 19.1. The molecule has 3 nitrogen and oxygen atoms in total. The highest BCUT2D eigenvalue weighted by atomic mass is 32.2. The van der Waals surface area contributed by atoms with Gasteiger partial charge < -0.3 is 10.6 Å². The lowest BCUT2D eigenvalue weighted by atomic mass is 10.2. The lowest BCUT2D eigenvalue weighted by molar-refractivity contribution is -0.137. The van der Waals surface area contributed by atoms with E-state index in [9.17, 15) is 13.2 Å². The van der Waals surface area contributed by atoms with Crippen LogP contribution in [0.2, 0.25) is 0 Å². The quantitative estimate of drug-likeness (QED) is 0.866. The van der Waals surface area contributed by atoms with Gasteiger partial charge in [-0.15, -0.1) is 0 Å². The topological polar surface area (TPSA) is 37.0 Å². The minimum absolute atomic E-state index is 0.204. The average Bonchev–Trinajstić information content (AvgIpc) is 2.88. The van der Waals surface area contributed by atoms with E-state index in [0.29, 0.717) is 12.4 Å². The van der Waals surface area contributed by atoms with E-state index in [4.69, 9.17) is 0 Å². The van der Waals surface area contributed by atoms with Crippen LogP contribution in [0.1, 0.15) is 25.3 Å². The monoisotopic (exact) mass is 305 g/mol. The van der Waals surface area contributed by atoms with Crippen LogP contribution in [0.4, 0.5) is 24.8 Å². The fourth-order valence-corrected chi connectivity index (χ4v) is 3.12. The van der Waals surface area contributed by atoms with Gasteiger partial charge in [0.15, 0.2) is 0 Å². The zero-order chi connectivity index (χ0) is 14.6. The van der Waals surface area contributed by atoms with Gasteiger partial charge in [-0.05, 0) is 30.7 Å². The third-order valence-corrected chi connectivity index (χ3v) is 4.15. The van der Waals surface area contributed by atoms with E-state index < -0.39 is 11.7 Å². The van der Waals surface area contributed by atoms with Crippen LogP contribution in [-0.4, -0.2) is 29.1 Å². The average molecular weight is 305 g/mol. The minimum Gasteiger partial charge on any atom is -0.370 e. The molecule has 1 aromatic rings. The molecule has 2 N–H and O–H groups in total. The van der Waals surface area contributed by atoms with Crippen molar-refractivity contribution in [2.75, 3.05) is 28.7 Å². The maximum Gasteiger partial charge on any atom is 0.416 e. The molecule has 0 spiro atoms. The Bertz CT molecular complexity index is 445. The van der Waals surface area contributed by atoms with E-state index in [1.807, 2.05) is 6.92 Å². The number of hydrogen-bond donors (Lipinski definition) is 2. The Hall–Kier alpha value is -1.11. The zero-order valence-corrected chi connectivity index (χ0v) is 12.1. The molecule has 20 heavy (non-hydrogen) atoms. The molecule has 1 unspecified atom stereocenters. The highest BCUT2D eigenvalue weighted by molar-refractivity contribution is 7.99. The van der Waals surface area contributed by atoms with E-state index in [2.05, 4.69) is 15.6 Å². The molecule has 0 aliphatic carbocycles. The molecule has 0 saturated carbocycles. The highest BCUT2D eigenvalue weighted by Crippen LogP contribution is 2.32. The molecule has 1 atom stereocenters. The summed E-state index contributed by atoms with van der Waals surface area (Å²) in [4.78, 5) is 4.22. The van der Waals surface area contributed by atoms with Crippen molar-refractivity contribution in [1.82, 2.24) is 4.98 Å². The molecule has 0 radical (unpaired) electrons. The van der Waals surface area contributed by atoms with Crippen molar-refractivity contribution in [2.45, 2.75) is 32.0 Å². The number of halogens is 3. The fourth-order valence-electron chi connectivity index (χ4n) is 1.97. The smallest absolute Gasteiger partial charge is 0.370 e. The molecule has 2 heterocycles. The molecule has 112 valence electrons. The first-order valence-corrected chi connectivity index (χ1v) is 7.82. The van der Waals surface area contributed by atoms with Gasteiger partial charge >= 0.3 is 6.18 Å². The first kappa shape index (κ1) is 15.3. The number of alkyl halides is 3. The van der Waals surface area contributed by atoms with E-state index in [-0.39, 0.29) is 11.9 Å². The number of pyridine rings is 1. The molecule has 1 aromatic heterocycles.